The number of hydrogen-bond donors (Lipinski definition) is 0. The molecule has 1 nitrogen and oxygen atoms in total. The first-order valence-corrected chi connectivity index (χ1v) is 6.08. The standard InChI is InChI=1S/C14H12BrFO/c1-10-4-2-3-5-11(10)9-17-14-7-12(15)6-13(16)8-14/h2-8H,9H2,1H3. The average Bonchev–Trinajstić information content (AvgIpc) is 2.27. The van der Waals surface area contributed by atoms with Crippen LogP contribution in [0.25, 0.3) is 0 Å². The predicted octanol–water partition coefficient (Wildman–Crippen LogP) is 4.48. The van der Waals surface area contributed by atoms with E-state index in [-0.39, 0.29) is 5.82 Å². The highest BCUT2D eigenvalue weighted by Gasteiger charge is 2.02. The third-order valence-corrected chi connectivity index (χ3v) is 2.95. The molecule has 3 heteroatoms. The largest absolute Gasteiger partial charge is 0.489 e. The summed E-state index contributed by atoms with van der Waals surface area (Å²) in [6.45, 7) is 2.47. The lowest BCUT2D eigenvalue weighted by Gasteiger charge is -2.09. The topological polar surface area (TPSA) is 9.23 Å². The van der Waals surface area contributed by atoms with Crippen molar-refractivity contribution in [2.75, 3.05) is 0 Å². The summed E-state index contributed by atoms with van der Waals surface area (Å²) in [5, 5.41) is 0. The third-order valence-electron chi connectivity index (χ3n) is 2.49. The molecule has 0 aromatic heterocycles. The van der Waals surface area contributed by atoms with Crippen LogP contribution in [0.4, 0.5) is 4.39 Å². The van der Waals surface area contributed by atoms with Gasteiger partial charge in [0.2, 0.25) is 0 Å². The van der Waals surface area contributed by atoms with Crippen molar-refractivity contribution in [3.8, 4) is 5.75 Å². The Morgan fingerprint density at radius 3 is 2.65 bits per heavy atom. The van der Waals surface area contributed by atoms with Crippen LogP contribution >= 0.6 is 15.9 Å². The van der Waals surface area contributed by atoms with Crippen LogP contribution in [0, 0.1) is 12.7 Å². The van der Waals surface area contributed by atoms with Crippen molar-refractivity contribution >= 4 is 15.9 Å². The summed E-state index contributed by atoms with van der Waals surface area (Å²) < 4.78 is 19.4. The van der Waals surface area contributed by atoms with E-state index in [0.717, 1.165) is 5.56 Å². The summed E-state index contributed by atoms with van der Waals surface area (Å²) in [5.74, 6) is 0.222. The zero-order valence-electron chi connectivity index (χ0n) is 9.41. The van der Waals surface area contributed by atoms with E-state index in [4.69, 9.17) is 4.74 Å². The Labute approximate surface area is 108 Å². The highest BCUT2D eigenvalue weighted by atomic mass is 79.9. The van der Waals surface area contributed by atoms with E-state index >= 15 is 0 Å². The minimum absolute atomic E-state index is 0.306. The van der Waals surface area contributed by atoms with E-state index in [1.54, 1.807) is 6.07 Å². The lowest BCUT2D eigenvalue weighted by Crippen LogP contribution is -1.97. The molecule has 0 unspecified atom stereocenters. The molecular formula is C14H12BrFO. The van der Waals surface area contributed by atoms with Crippen molar-refractivity contribution < 1.29 is 9.13 Å². The SMILES string of the molecule is Cc1ccccc1COc1cc(F)cc(Br)c1. The van der Waals surface area contributed by atoms with Gasteiger partial charge in [-0.15, -0.1) is 0 Å². The van der Waals surface area contributed by atoms with Gasteiger partial charge >= 0.3 is 0 Å². The molecule has 0 saturated carbocycles. The zero-order chi connectivity index (χ0) is 12.3. The van der Waals surface area contributed by atoms with Crippen LogP contribution in [0.2, 0.25) is 0 Å². The van der Waals surface area contributed by atoms with E-state index in [0.29, 0.717) is 16.8 Å². The Kier molecular flexibility index (Phi) is 3.79. The number of halogens is 2. The van der Waals surface area contributed by atoms with Crippen LogP contribution in [0.3, 0.4) is 0 Å². The molecule has 0 aliphatic heterocycles. The number of ether oxygens (including phenoxy) is 1. The highest BCUT2D eigenvalue weighted by Crippen LogP contribution is 2.21. The maximum Gasteiger partial charge on any atom is 0.128 e. The van der Waals surface area contributed by atoms with E-state index < -0.39 is 0 Å². The maximum atomic E-state index is 13.1. The molecular weight excluding hydrogens is 283 g/mol. The van der Waals surface area contributed by atoms with Gasteiger partial charge in [0.05, 0.1) is 0 Å². The minimum atomic E-state index is -0.306. The second-order valence-corrected chi connectivity index (χ2v) is 4.74. The summed E-state index contributed by atoms with van der Waals surface area (Å²) in [5.41, 5.74) is 2.27. The van der Waals surface area contributed by atoms with Gasteiger partial charge < -0.3 is 4.74 Å². The van der Waals surface area contributed by atoms with Crippen LogP contribution in [0.5, 0.6) is 5.75 Å². The molecule has 0 bridgehead atoms. The Morgan fingerprint density at radius 1 is 1.18 bits per heavy atom. The Hall–Kier alpha value is -1.35. The van der Waals surface area contributed by atoms with Gasteiger partial charge in [-0.2, -0.15) is 0 Å². The van der Waals surface area contributed by atoms with Gasteiger partial charge in [-0.25, -0.2) is 4.39 Å². The third kappa shape index (κ3) is 3.30. The van der Waals surface area contributed by atoms with E-state index in [1.807, 2.05) is 31.2 Å². The molecule has 0 saturated heterocycles. The summed E-state index contributed by atoms with van der Waals surface area (Å²) in [6.07, 6.45) is 0. The number of hydrogen-bond acceptors (Lipinski definition) is 1. The molecule has 0 radical (unpaired) electrons. The van der Waals surface area contributed by atoms with Crippen LogP contribution < -0.4 is 4.74 Å². The Bertz CT molecular complexity index is 505. The van der Waals surface area contributed by atoms with Crippen molar-refractivity contribution in [2.24, 2.45) is 0 Å². The van der Waals surface area contributed by atoms with E-state index in [2.05, 4.69) is 15.9 Å². The lowest BCUT2D eigenvalue weighted by molar-refractivity contribution is 0.303. The van der Waals surface area contributed by atoms with Crippen molar-refractivity contribution in [2.45, 2.75) is 13.5 Å². The van der Waals surface area contributed by atoms with Gasteiger partial charge in [-0.3, -0.25) is 0 Å². The fourth-order valence-corrected chi connectivity index (χ4v) is 1.99. The van der Waals surface area contributed by atoms with Crippen molar-refractivity contribution in [1.29, 1.82) is 0 Å². The first-order chi connectivity index (χ1) is 8.15. The molecule has 2 aromatic carbocycles. The first-order valence-electron chi connectivity index (χ1n) is 5.28. The van der Waals surface area contributed by atoms with Gasteiger partial charge in [0.15, 0.2) is 0 Å². The monoisotopic (exact) mass is 294 g/mol. The molecule has 0 spiro atoms. The fourth-order valence-electron chi connectivity index (χ4n) is 1.54. The molecule has 0 aliphatic rings. The number of benzene rings is 2. The predicted molar refractivity (Wildman–Crippen MR) is 69.6 cm³/mol. The summed E-state index contributed by atoms with van der Waals surface area (Å²) in [7, 11) is 0. The molecule has 0 amide bonds. The van der Waals surface area contributed by atoms with E-state index in [1.165, 1.54) is 17.7 Å². The normalized spacial score (nSPS) is 10.3. The molecule has 2 aromatic rings. The van der Waals surface area contributed by atoms with Crippen LogP contribution in [0.15, 0.2) is 46.9 Å². The molecule has 17 heavy (non-hydrogen) atoms. The molecule has 0 N–H and O–H groups in total. The molecule has 0 heterocycles. The van der Waals surface area contributed by atoms with Crippen molar-refractivity contribution in [1.82, 2.24) is 0 Å². The Morgan fingerprint density at radius 2 is 1.94 bits per heavy atom. The van der Waals surface area contributed by atoms with Crippen LogP contribution in [-0.4, -0.2) is 0 Å². The average molecular weight is 295 g/mol. The first kappa shape index (κ1) is 12.1. The smallest absolute Gasteiger partial charge is 0.128 e. The Balaban J connectivity index is 2.10. The molecule has 0 atom stereocenters. The number of rotatable bonds is 3. The van der Waals surface area contributed by atoms with Crippen molar-refractivity contribution in [3.63, 3.8) is 0 Å². The van der Waals surface area contributed by atoms with Gasteiger partial charge in [-0.05, 0) is 30.2 Å². The van der Waals surface area contributed by atoms with Crippen LogP contribution in [0.1, 0.15) is 11.1 Å². The highest BCUT2D eigenvalue weighted by molar-refractivity contribution is 9.10. The van der Waals surface area contributed by atoms with Gasteiger partial charge in [0.1, 0.15) is 18.2 Å². The fraction of sp³-hybridized carbons (Fsp3) is 0.143. The molecule has 0 fully saturated rings. The van der Waals surface area contributed by atoms with Gasteiger partial charge in [0.25, 0.3) is 0 Å². The second kappa shape index (κ2) is 5.32. The van der Waals surface area contributed by atoms with Crippen molar-refractivity contribution in [3.05, 3.63) is 63.9 Å². The lowest BCUT2D eigenvalue weighted by atomic mass is 10.1. The zero-order valence-corrected chi connectivity index (χ0v) is 11.0. The van der Waals surface area contributed by atoms with Gasteiger partial charge in [0, 0.05) is 10.5 Å². The molecule has 0 aliphatic carbocycles. The van der Waals surface area contributed by atoms with E-state index in [9.17, 15) is 4.39 Å². The molecule has 2 rings (SSSR count). The summed E-state index contributed by atoms with van der Waals surface area (Å²) in [6, 6.07) is 12.5. The quantitative estimate of drug-likeness (QED) is 0.811. The van der Waals surface area contributed by atoms with Gasteiger partial charge in [-0.1, -0.05) is 40.2 Å². The second-order valence-electron chi connectivity index (χ2n) is 3.82. The summed E-state index contributed by atoms with van der Waals surface area (Å²) in [4.78, 5) is 0. The summed E-state index contributed by atoms with van der Waals surface area (Å²) >= 11 is 3.23. The molecule has 88 valence electrons. The maximum absolute atomic E-state index is 13.1. The van der Waals surface area contributed by atoms with Crippen LogP contribution in [-0.2, 0) is 6.61 Å². The minimum Gasteiger partial charge on any atom is -0.489 e. The number of aryl methyl sites for hydroxylation is 1.